The number of hydrogen-bond acceptors (Lipinski definition) is 5. The predicted molar refractivity (Wildman–Crippen MR) is 107 cm³/mol. The van der Waals surface area contributed by atoms with Crippen LogP contribution in [0.4, 0.5) is 5.00 Å². The topological polar surface area (TPSA) is 63.2 Å². The molecule has 1 aromatic carbocycles. The van der Waals surface area contributed by atoms with Crippen molar-refractivity contribution in [2.75, 3.05) is 32.1 Å². The zero-order valence-electron chi connectivity index (χ0n) is 14.7. The molecule has 8 heteroatoms. The van der Waals surface area contributed by atoms with Crippen molar-refractivity contribution in [1.29, 1.82) is 0 Å². The van der Waals surface area contributed by atoms with E-state index in [1.807, 2.05) is 19.1 Å². The van der Waals surface area contributed by atoms with Crippen LogP contribution in [0, 0.1) is 6.92 Å². The third kappa shape index (κ3) is 3.83. The number of aryl methyl sites for hydroxylation is 1. The summed E-state index contributed by atoms with van der Waals surface area (Å²) in [4.78, 5) is 12.8. The minimum absolute atomic E-state index is 0.128. The summed E-state index contributed by atoms with van der Waals surface area (Å²) in [5, 5.41) is 8.12. The van der Waals surface area contributed by atoms with Crippen LogP contribution in [0.25, 0.3) is 0 Å². The van der Waals surface area contributed by atoms with Crippen molar-refractivity contribution >= 4 is 45.6 Å². The van der Waals surface area contributed by atoms with Gasteiger partial charge in [-0.3, -0.25) is 4.79 Å². The number of benzene rings is 1. The fraction of sp³-hybridized carbons (Fsp3) is 0.444. The van der Waals surface area contributed by atoms with E-state index in [0.29, 0.717) is 35.4 Å². The maximum Gasteiger partial charge on any atom is 0.256 e. The van der Waals surface area contributed by atoms with Crippen molar-refractivity contribution in [3.05, 3.63) is 45.1 Å². The van der Waals surface area contributed by atoms with Crippen LogP contribution in [0.1, 0.15) is 34.5 Å². The Morgan fingerprint density at radius 1 is 1.35 bits per heavy atom. The highest BCUT2D eigenvalue weighted by atomic mass is 35.5. The van der Waals surface area contributed by atoms with Crippen LogP contribution in [-0.4, -0.2) is 37.1 Å². The molecule has 1 aliphatic heterocycles. The van der Waals surface area contributed by atoms with Crippen molar-refractivity contribution in [2.24, 2.45) is 0 Å². The second-order valence-corrected chi connectivity index (χ2v) is 8.04. The number of nitrogens with one attached hydrogen (secondary N) is 2. The highest BCUT2D eigenvalue weighted by Gasteiger charge is 2.37. The Labute approximate surface area is 167 Å². The number of anilines is 1. The molecule has 1 aliphatic rings. The summed E-state index contributed by atoms with van der Waals surface area (Å²) >= 11 is 13.8. The summed E-state index contributed by atoms with van der Waals surface area (Å²) in [5.41, 5.74) is 2.05. The van der Waals surface area contributed by atoms with Gasteiger partial charge >= 0.3 is 0 Å². The van der Waals surface area contributed by atoms with E-state index in [2.05, 4.69) is 15.0 Å². The van der Waals surface area contributed by atoms with Gasteiger partial charge in [0.1, 0.15) is 5.00 Å². The third-order valence-electron chi connectivity index (χ3n) is 4.86. The molecule has 26 heavy (non-hydrogen) atoms. The van der Waals surface area contributed by atoms with Crippen molar-refractivity contribution in [1.82, 2.24) is 9.69 Å². The van der Waals surface area contributed by atoms with Gasteiger partial charge in [0.05, 0.1) is 11.3 Å². The molecule has 0 atom stereocenters. The molecule has 1 fully saturated rings. The quantitative estimate of drug-likeness (QED) is 0.767. The lowest BCUT2D eigenvalue weighted by atomic mass is 9.74. The molecule has 3 rings (SSSR count). The Morgan fingerprint density at radius 3 is 2.73 bits per heavy atom. The number of aromatic nitrogens is 1. The lowest BCUT2D eigenvalue weighted by Crippen LogP contribution is -2.45. The Balaban J connectivity index is 1.85. The van der Waals surface area contributed by atoms with Crippen LogP contribution >= 0.6 is 34.7 Å². The van der Waals surface area contributed by atoms with Gasteiger partial charge in [-0.05, 0) is 49.0 Å². The first kappa shape index (κ1) is 19.4. The molecule has 1 saturated heterocycles. The first-order chi connectivity index (χ1) is 12.5. The van der Waals surface area contributed by atoms with E-state index in [4.69, 9.17) is 27.9 Å². The highest BCUT2D eigenvalue weighted by Crippen LogP contribution is 2.39. The Kier molecular flexibility index (Phi) is 6.07. The molecule has 2 heterocycles. The maximum atomic E-state index is 12.8. The summed E-state index contributed by atoms with van der Waals surface area (Å²) < 4.78 is 9.81. The smallest absolute Gasteiger partial charge is 0.256 e. The van der Waals surface area contributed by atoms with Crippen molar-refractivity contribution in [3.8, 4) is 0 Å². The van der Waals surface area contributed by atoms with E-state index in [-0.39, 0.29) is 11.3 Å². The number of amides is 1. The number of halogens is 2. The predicted octanol–water partition coefficient (Wildman–Crippen LogP) is 4.28. The largest absolute Gasteiger partial charge is 0.381 e. The standard InChI is InChI=1S/C18H21Cl2N3O2S/c1-11-15(17(21-2)26-23-11)16(24)22-10-18(5-7-25-8-6-18)13-4-3-12(19)9-14(13)20/h3-4,9,21H,5-8,10H2,1-2H3,(H,22,24). The number of carbonyl (C=O) groups excluding carboxylic acids is 1. The van der Waals surface area contributed by atoms with Crippen molar-refractivity contribution in [3.63, 3.8) is 0 Å². The van der Waals surface area contributed by atoms with Crippen LogP contribution in [0.2, 0.25) is 10.0 Å². The number of rotatable bonds is 5. The zero-order chi connectivity index (χ0) is 18.7. The van der Waals surface area contributed by atoms with Gasteiger partial charge in [-0.25, -0.2) is 0 Å². The second-order valence-electron chi connectivity index (χ2n) is 6.42. The van der Waals surface area contributed by atoms with Gasteiger partial charge in [0.2, 0.25) is 0 Å². The fourth-order valence-corrected chi connectivity index (χ4v) is 4.72. The van der Waals surface area contributed by atoms with Gasteiger partial charge < -0.3 is 15.4 Å². The molecule has 1 aromatic heterocycles. The van der Waals surface area contributed by atoms with Crippen LogP contribution in [0.3, 0.4) is 0 Å². The average molecular weight is 414 g/mol. The molecular weight excluding hydrogens is 393 g/mol. The van der Waals surface area contributed by atoms with Gasteiger partial charge in [-0.2, -0.15) is 4.37 Å². The molecule has 0 saturated carbocycles. The molecule has 5 nitrogen and oxygen atoms in total. The molecule has 0 aliphatic carbocycles. The molecule has 2 N–H and O–H groups in total. The lowest BCUT2D eigenvalue weighted by molar-refractivity contribution is 0.0487. The monoisotopic (exact) mass is 413 g/mol. The first-order valence-corrected chi connectivity index (χ1v) is 9.95. The maximum absolute atomic E-state index is 12.8. The molecular formula is C18H21Cl2N3O2S. The molecule has 0 spiro atoms. The van der Waals surface area contributed by atoms with Crippen molar-refractivity contribution in [2.45, 2.75) is 25.2 Å². The van der Waals surface area contributed by atoms with Gasteiger partial charge in [-0.1, -0.05) is 29.3 Å². The average Bonchev–Trinajstić information content (AvgIpc) is 3.01. The van der Waals surface area contributed by atoms with Crippen LogP contribution in [-0.2, 0) is 10.2 Å². The van der Waals surface area contributed by atoms with E-state index in [1.54, 1.807) is 13.1 Å². The molecule has 1 amide bonds. The van der Waals surface area contributed by atoms with Gasteiger partial charge in [0.15, 0.2) is 0 Å². The fourth-order valence-electron chi connectivity index (χ4n) is 3.37. The first-order valence-electron chi connectivity index (χ1n) is 8.42. The molecule has 0 radical (unpaired) electrons. The van der Waals surface area contributed by atoms with Gasteiger partial charge in [0, 0.05) is 42.3 Å². The lowest BCUT2D eigenvalue weighted by Gasteiger charge is -2.38. The Hall–Kier alpha value is -1.34. The number of carbonyl (C=O) groups is 1. The molecule has 140 valence electrons. The van der Waals surface area contributed by atoms with E-state index in [9.17, 15) is 4.79 Å². The van der Waals surface area contributed by atoms with E-state index < -0.39 is 0 Å². The molecule has 0 unspecified atom stereocenters. The highest BCUT2D eigenvalue weighted by molar-refractivity contribution is 7.10. The van der Waals surface area contributed by atoms with Crippen LogP contribution < -0.4 is 10.6 Å². The van der Waals surface area contributed by atoms with Crippen LogP contribution in [0.5, 0.6) is 0 Å². The summed E-state index contributed by atoms with van der Waals surface area (Å²) in [5.74, 6) is -0.128. The molecule has 0 bridgehead atoms. The molecule has 2 aromatic rings. The van der Waals surface area contributed by atoms with E-state index in [0.717, 1.165) is 29.1 Å². The number of nitrogens with zero attached hydrogens (tertiary/aromatic N) is 1. The SMILES string of the molecule is CNc1snc(C)c1C(=O)NCC1(c2ccc(Cl)cc2Cl)CCOCC1. The third-order valence-corrected chi connectivity index (χ3v) is 6.36. The van der Waals surface area contributed by atoms with E-state index >= 15 is 0 Å². The summed E-state index contributed by atoms with van der Waals surface area (Å²) in [6.07, 6.45) is 1.57. The second kappa shape index (κ2) is 8.13. The van der Waals surface area contributed by atoms with E-state index in [1.165, 1.54) is 11.5 Å². The summed E-state index contributed by atoms with van der Waals surface area (Å²) in [6.45, 7) is 3.59. The Bertz CT molecular complexity index is 804. The van der Waals surface area contributed by atoms with Crippen molar-refractivity contribution < 1.29 is 9.53 Å². The zero-order valence-corrected chi connectivity index (χ0v) is 17.0. The van der Waals surface area contributed by atoms with Crippen LogP contribution in [0.15, 0.2) is 18.2 Å². The summed E-state index contributed by atoms with van der Waals surface area (Å²) in [6, 6.07) is 5.55. The Morgan fingerprint density at radius 2 is 2.08 bits per heavy atom. The minimum atomic E-state index is -0.271. The van der Waals surface area contributed by atoms with Gasteiger partial charge in [0.25, 0.3) is 5.91 Å². The number of hydrogen-bond donors (Lipinski definition) is 2. The number of ether oxygens (including phenoxy) is 1. The van der Waals surface area contributed by atoms with Gasteiger partial charge in [-0.15, -0.1) is 0 Å². The summed E-state index contributed by atoms with van der Waals surface area (Å²) in [7, 11) is 1.79. The normalized spacial score (nSPS) is 16.3. The minimum Gasteiger partial charge on any atom is -0.381 e.